The number of aryl methyl sites for hydroxylation is 1. The Bertz CT molecular complexity index is 925. The van der Waals surface area contributed by atoms with Crippen molar-refractivity contribution in [1.82, 2.24) is 4.90 Å². The highest BCUT2D eigenvalue weighted by Gasteiger charge is 2.26. The van der Waals surface area contributed by atoms with E-state index in [4.69, 9.17) is 14.2 Å². The molecule has 0 bridgehead atoms. The van der Waals surface area contributed by atoms with Crippen LogP contribution in [-0.2, 0) is 14.3 Å². The molecule has 31 heavy (non-hydrogen) atoms. The average molecular weight is 425 g/mol. The van der Waals surface area contributed by atoms with Crippen LogP contribution in [0, 0.1) is 6.92 Å². The summed E-state index contributed by atoms with van der Waals surface area (Å²) in [7, 11) is 0. The van der Waals surface area contributed by atoms with Crippen molar-refractivity contribution in [2.75, 3.05) is 62.8 Å². The van der Waals surface area contributed by atoms with Crippen LogP contribution in [0.15, 0.2) is 42.5 Å². The van der Waals surface area contributed by atoms with Crippen LogP contribution < -0.4 is 19.7 Å². The number of hydrogen-bond donors (Lipinski definition) is 1. The number of fused-ring (bicyclic) bond motifs is 1. The normalized spacial score (nSPS) is 16.4. The van der Waals surface area contributed by atoms with Crippen molar-refractivity contribution in [3.05, 3.63) is 48.0 Å². The molecule has 164 valence electrons. The van der Waals surface area contributed by atoms with E-state index in [0.717, 1.165) is 44.1 Å². The first-order valence-electron chi connectivity index (χ1n) is 10.4. The topological polar surface area (TPSA) is 80.3 Å². The molecule has 2 aromatic carbocycles. The summed E-state index contributed by atoms with van der Waals surface area (Å²) >= 11 is 0. The van der Waals surface area contributed by atoms with Crippen molar-refractivity contribution in [3.8, 4) is 11.5 Å². The predicted molar refractivity (Wildman–Crippen MR) is 117 cm³/mol. The van der Waals surface area contributed by atoms with E-state index in [2.05, 4.69) is 10.2 Å². The number of carbonyl (C=O) groups is 2. The van der Waals surface area contributed by atoms with Crippen molar-refractivity contribution in [2.45, 2.75) is 6.92 Å². The molecule has 0 unspecified atom stereocenters. The summed E-state index contributed by atoms with van der Waals surface area (Å²) in [6.07, 6.45) is 0. The van der Waals surface area contributed by atoms with Crippen LogP contribution in [0.2, 0.25) is 0 Å². The van der Waals surface area contributed by atoms with E-state index in [1.807, 2.05) is 37.3 Å². The molecule has 1 N–H and O–H groups in total. The number of amides is 2. The van der Waals surface area contributed by atoms with Gasteiger partial charge in [0.05, 0.1) is 18.9 Å². The molecule has 2 aliphatic heterocycles. The first-order chi connectivity index (χ1) is 15.1. The maximum absolute atomic E-state index is 12.4. The van der Waals surface area contributed by atoms with Gasteiger partial charge in [0.1, 0.15) is 11.5 Å². The van der Waals surface area contributed by atoms with Gasteiger partial charge in [-0.2, -0.15) is 0 Å². The number of ether oxygens (including phenoxy) is 3. The Kier molecular flexibility index (Phi) is 6.69. The highest BCUT2D eigenvalue weighted by Crippen LogP contribution is 2.34. The van der Waals surface area contributed by atoms with Crippen molar-refractivity contribution in [3.63, 3.8) is 0 Å². The molecule has 8 heteroatoms. The quantitative estimate of drug-likeness (QED) is 0.732. The number of nitrogens with one attached hydrogen (secondary N) is 1. The molecule has 1 saturated heterocycles. The molecule has 0 atom stereocenters. The summed E-state index contributed by atoms with van der Waals surface area (Å²) in [6, 6.07) is 12.8. The van der Waals surface area contributed by atoms with Gasteiger partial charge in [0.25, 0.3) is 11.8 Å². The number of rotatable bonds is 7. The maximum atomic E-state index is 12.4. The van der Waals surface area contributed by atoms with Gasteiger partial charge in [-0.3, -0.25) is 14.5 Å². The number of hydrogen-bond acceptors (Lipinski definition) is 6. The third-order valence-electron chi connectivity index (χ3n) is 5.32. The second-order valence-corrected chi connectivity index (χ2v) is 7.62. The third kappa shape index (κ3) is 5.53. The van der Waals surface area contributed by atoms with Gasteiger partial charge < -0.3 is 24.4 Å². The van der Waals surface area contributed by atoms with Gasteiger partial charge in [-0.05, 0) is 31.2 Å². The molecule has 2 aliphatic rings. The lowest BCUT2D eigenvalue weighted by Gasteiger charge is -2.33. The monoisotopic (exact) mass is 425 g/mol. The van der Waals surface area contributed by atoms with Gasteiger partial charge in [0.15, 0.2) is 13.2 Å². The fourth-order valence-electron chi connectivity index (χ4n) is 3.57. The lowest BCUT2D eigenvalue weighted by atomic mass is 10.2. The first kappa shape index (κ1) is 21.1. The Hall–Kier alpha value is -3.10. The third-order valence-corrected chi connectivity index (χ3v) is 5.32. The van der Waals surface area contributed by atoms with Gasteiger partial charge >= 0.3 is 0 Å². The largest absolute Gasteiger partial charge is 0.484 e. The number of benzene rings is 2. The Labute approximate surface area is 181 Å². The predicted octanol–water partition coefficient (Wildman–Crippen LogP) is 2.07. The van der Waals surface area contributed by atoms with E-state index >= 15 is 0 Å². The van der Waals surface area contributed by atoms with Crippen molar-refractivity contribution in [2.24, 2.45) is 0 Å². The van der Waals surface area contributed by atoms with E-state index in [1.165, 1.54) is 0 Å². The minimum absolute atomic E-state index is 0.00988. The Morgan fingerprint density at radius 3 is 2.65 bits per heavy atom. The van der Waals surface area contributed by atoms with Crippen LogP contribution in [0.3, 0.4) is 0 Å². The van der Waals surface area contributed by atoms with Crippen LogP contribution >= 0.6 is 0 Å². The van der Waals surface area contributed by atoms with E-state index in [9.17, 15) is 9.59 Å². The van der Waals surface area contributed by atoms with E-state index in [-0.39, 0.29) is 25.0 Å². The molecule has 0 spiro atoms. The maximum Gasteiger partial charge on any atom is 0.265 e. The van der Waals surface area contributed by atoms with Crippen LogP contribution in [0.1, 0.15) is 5.56 Å². The molecular weight excluding hydrogens is 398 g/mol. The molecule has 0 radical (unpaired) electrons. The molecule has 0 aromatic heterocycles. The summed E-state index contributed by atoms with van der Waals surface area (Å²) in [5.41, 5.74) is 2.44. The molecular formula is C23H27N3O5. The van der Waals surface area contributed by atoms with Crippen molar-refractivity contribution < 1.29 is 23.8 Å². The lowest BCUT2D eigenvalue weighted by Crippen LogP contribution is -2.45. The van der Waals surface area contributed by atoms with E-state index < -0.39 is 0 Å². The van der Waals surface area contributed by atoms with Gasteiger partial charge in [-0.15, -0.1) is 0 Å². The molecule has 2 aromatic rings. The summed E-state index contributed by atoms with van der Waals surface area (Å²) in [6.45, 7) is 6.46. The number of anilines is 2. The molecule has 4 rings (SSSR count). The summed E-state index contributed by atoms with van der Waals surface area (Å²) < 4.78 is 16.5. The van der Waals surface area contributed by atoms with Crippen LogP contribution in [-0.4, -0.2) is 69.3 Å². The number of nitrogens with zero attached hydrogens (tertiary/aromatic N) is 2. The van der Waals surface area contributed by atoms with Gasteiger partial charge in [0.2, 0.25) is 0 Å². The summed E-state index contributed by atoms with van der Waals surface area (Å²) in [5, 5.41) is 2.81. The summed E-state index contributed by atoms with van der Waals surface area (Å²) in [4.78, 5) is 28.7. The molecule has 0 saturated carbocycles. The second kappa shape index (κ2) is 9.80. The van der Waals surface area contributed by atoms with Crippen molar-refractivity contribution >= 4 is 23.2 Å². The van der Waals surface area contributed by atoms with Crippen molar-refractivity contribution in [1.29, 1.82) is 0 Å². The SMILES string of the molecule is Cc1ccc(OCC(=O)Nc2ccc3c(c2)OCC(=O)N3CCN2CCOCC2)cc1. The van der Waals surface area contributed by atoms with Crippen LogP contribution in [0.4, 0.5) is 11.4 Å². The van der Waals surface area contributed by atoms with Gasteiger partial charge in [-0.1, -0.05) is 17.7 Å². The van der Waals surface area contributed by atoms with Crippen LogP contribution in [0.5, 0.6) is 11.5 Å². The number of carbonyl (C=O) groups excluding carboxylic acids is 2. The highest BCUT2D eigenvalue weighted by atomic mass is 16.5. The Balaban J connectivity index is 1.35. The molecule has 8 nitrogen and oxygen atoms in total. The minimum Gasteiger partial charge on any atom is -0.484 e. The fourth-order valence-corrected chi connectivity index (χ4v) is 3.57. The zero-order chi connectivity index (χ0) is 21.6. The molecule has 0 aliphatic carbocycles. The summed E-state index contributed by atoms with van der Waals surface area (Å²) in [5.74, 6) is 0.892. The Morgan fingerprint density at radius 2 is 1.87 bits per heavy atom. The molecule has 1 fully saturated rings. The zero-order valence-electron chi connectivity index (χ0n) is 17.6. The minimum atomic E-state index is -0.267. The zero-order valence-corrected chi connectivity index (χ0v) is 17.6. The van der Waals surface area contributed by atoms with E-state index in [1.54, 1.807) is 17.0 Å². The standard InChI is InChI=1S/C23H27N3O5/c1-17-2-5-19(6-3-17)30-15-22(27)24-18-4-7-20-21(14-18)31-16-23(28)26(20)9-8-25-10-12-29-13-11-25/h2-7,14H,8-13,15-16H2,1H3,(H,24,27). The fraction of sp³-hybridized carbons (Fsp3) is 0.391. The first-order valence-corrected chi connectivity index (χ1v) is 10.4. The smallest absolute Gasteiger partial charge is 0.265 e. The lowest BCUT2D eigenvalue weighted by molar-refractivity contribution is -0.121. The number of morpholine rings is 1. The van der Waals surface area contributed by atoms with Crippen LogP contribution in [0.25, 0.3) is 0 Å². The highest BCUT2D eigenvalue weighted by molar-refractivity contribution is 5.99. The Morgan fingerprint density at radius 1 is 1.10 bits per heavy atom. The van der Waals surface area contributed by atoms with Gasteiger partial charge in [-0.25, -0.2) is 0 Å². The molecule has 2 amide bonds. The van der Waals surface area contributed by atoms with E-state index in [0.29, 0.717) is 23.7 Å². The molecule has 2 heterocycles. The average Bonchev–Trinajstić information content (AvgIpc) is 2.79. The second-order valence-electron chi connectivity index (χ2n) is 7.62. The van der Waals surface area contributed by atoms with Gasteiger partial charge in [0, 0.05) is 37.9 Å².